The molecule has 0 saturated heterocycles. The van der Waals surface area contributed by atoms with Crippen molar-refractivity contribution in [3.63, 3.8) is 0 Å². The molecule has 0 aliphatic carbocycles. The standard InChI is InChI=1S/C27H33N3O6/c1-19-25(35-18-21-11-9-20(14-28)10-12-21)23(22(17-31)15-29-19)16-30(26(34)36-27(2,3)4)13-7-5-6-8-24(32)33/h9-12,15,17H,5-8,13,16,18H2,1-4H3,(H,32,33). The van der Waals surface area contributed by atoms with E-state index >= 15 is 0 Å². The minimum absolute atomic E-state index is 0.0635. The zero-order chi connectivity index (χ0) is 26.7. The van der Waals surface area contributed by atoms with E-state index in [4.69, 9.17) is 19.8 Å². The second-order valence-corrected chi connectivity index (χ2v) is 9.43. The normalized spacial score (nSPS) is 10.9. The van der Waals surface area contributed by atoms with Crippen molar-refractivity contribution in [1.29, 1.82) is 5.26 Å². The second kappa shape index (κ2) is 13.2. The van der Waals surface area contributed by atoms with Gasteiger partial charge in [0.15, 0.2) is 6.29 Å². The van der Waals surface area contributed by atoms with Crippen LogP contribution < -0.4 is 4.74 Å². The van der Waals surface area contributed by atoms with Crippen LogP contribution in [-0.2, 0) is 22.7 Å². The Kier molecular flexibility index (Phi) is 10.4. The van der Waals surface area contributed by atoms with Crippen LogP contribution in [-0.4, -0.2) is 45.5 Å². The van der Waals surface area contributed by atoms with Crippen LogP contribution in [0.3, 0.4) is 0 Å². The van der Waals surface area contributed by atoms with Crippen LogP contribution in [0.1, 0.15) is 79.2 Å². The van der Waals surface area contributed by atoms with Gasteiger partial charge in [0.05, 0.1) is 23.9 Å². The highest BCUT2D eigenvalue weighted by molar-refractivity contribution is 5.79. The molecule has 2 rings (SSSR count). The molecule has 1 amide bonds. The minimum atomic E-state index is -0.856. The molecule has 1 aromatic carbocycles. The van der Waals surface area contributed by atoms with Gasteiger partial charge in [-0.3, -0.25) is 14.6 Å². The average molecular weight is 496 g/mol. The lowest BCUT2D eigenvalue weighted by molar-refractivity contribution is -0.137. The first kappa shape index (κ1) is 28.3. The lowest BCUT2D eigenvalue weighted by Crippen LogP contribution is -2.37. The van der Waals surface area contributed by atoms with Gasteiger partial charge in [0.2, 0.25) is 0 Å². The summed E-state index contributed by atoms with van der Waals surface area (Å²) >= 11 is 0. The molecule has 36 heavy (non-hydrogen) atoms. The fourth-order valence-electron chi connectivity index (χ4n) is 3.45. The van der Waals surface area contributed by atoms with Crippen molar-refractivity contribution in [3.8, 4) is 11.8 Å². The summed E-state index contributed by atoms with van der Waals surface area (Å²) in [5, 5.41) is 17.8. The number of ether oxygens (including phenoxy) is 2. The number of carbonyl (C=O) groups is 3. The molecule has 1 N–H and O–H groups in total. The van der Waals surface area contributed by atoms with Gasteiger partial charge in [-0.1, -0.05) is 18.6 Å². The Morgan fingerprint density at radius 2 is 1.86 bits per heavy atom. The number of carboxylic acids is 1. The van der Waals surface area contributed by atoms with Crippen molar-refractivity contribution in [2.45, 2.75) is 72.1 Å². The van der Waals surface area contributed by atoms with Crippen molar-refractivity contribution in [3.05, 3.63) is 58.4 Å². The number of carbonyl (C=O) groups excluding carboxylic acids is 2. The summed E-state index contributed by atoms with van der Waals surface area (Å²) < 4.78 is 11.7. The number of aromatic nitrogens is 1. The molecule has 9 nitrogen and oxygen atoms in total. The molecule has 2 aromatic rings. The number of pyridine rings is 1. The van der Waals surface area contributed by atoms with Crippen LogP contribution in [0.4, 0.5) is 4.79 Å². The maximum atomic E-state index is 13.0. The SMILES string of the molecule is Cc1ncc(C=O)c(CN(CCCCCC(=O)O)C(=O)OC(C)(C)C)c1OCc1ccc(C#N)cc1. The molecule has 1 heterocycles. The minimum Gasteiger partial charge on any atom is -0.487 e. The summed E-state index contributed by atoms with van der Waals surface area (Å²) in [7, 11) is 0. The lowest BCUT2D eigenvalue weighted by Gasteiger charge is -2.28. The molecule has 0 fully saturated rings. The summed E-state index contributed by atoms with van der Waals surface area (Å²) in [4.78, 5) is 41.4. The Balaban J connectivity index is 2.28. The molecule has 0 bridgehead atoms. The summed E-state index contributed by atoms with van der Waals surface area (Å²) in [6.45, 7) is 7.65. The summed E-state index contributed by atoms with van der Waals surface area (Å²) in [5.41, 5.74) is 2.04. The van der Waals surface area contributed by atoms with Crippen LogP contribution in [0.25, 0.3) is 0 Å². The monoisotopic (exact) mass is 495 g/mol. The number of unbranched alkanes of at least 4 members (excludes halogenated alkanes) is 2. The summed E-state index contributed by atoms with van der Waals surface area (Å²) in [6.07, 6.45) is 3.37. The lowest BCUT2D eigenvalue weighted by atomic mass is 10.1. The van der Waals surface area contributed by atoms with Crippen molar-refractivity contribution in [1.82, 2.24) is 9.88 Å². The van der Waals surface area contributed by atoms with Crippen LogP contribution in [0.2, 0.25) is 0 Å². The predicted molar refractivity (Wildman–Crippen MR) is 133 cm³/mol. The third kappa shape index (κ3) is 9.02. The Morgan fingerprint density at radius 3 is 2.44 bits per heavy atom. The largest absolute Gasteiger partial charge is 0.487 e. The van der Waals surface area contributed by atoms with Gasteiger partial charge < -0.3 is 19.5 Å². The zero-order valence-electron chi connectivity index (χ0n) is 21.2. The molecule has 192 valence electrons. The van der Waals surface area contributed by atoms with E-state index in [1.807, 2.05) is 0 Å². The van der Waals surface area contributed by atoms with Crippen LogP contribution >= 0.6 is 0 Å². The van der Waals surface area contributed by atoms with E-state index in [1.54, 1.807) is 52.0 Å². The Hall–Kier alpha value is -3.93. The number of rotatable bonds is 12. The Morgan fingerprint density at radius 1 is 1.17 bits per heavy atom. The number of aldehydes is 1. The molecule has 1 aromatic heterocycles. The third-order valence-electron chi connectivity index (χ3n) is 5.26. The number of amides is 1. The molecular formula is C27H33N3O6. The van der Waals surface area contributed by atoms with E-state index in [-0.39, 0.29) is 19.6 Å². The first-order valence-corrected chi connectivity index (χ1v) is 11.8. The van der Waals surface area contributed by atoms with Gasteiger partial charge in [0.25, 0.3) is 0 Å². The van der Waals surface area contributed by atoms with Gasteiger partial charge in [-0.15, -0.1) is 0 Å². The first-order chi connectivity index (χ1) is 17.0. The molecule has 0 atom stereocenters. The second-order valence-electron chi connectivity index (χ2n) is 9.43. The van der Waals surface area contributed by atoms with E-state index in [1.165, 1.54) is 11.1 Å². The van der Waals surface area contributed by atoms with E-state index in [2.05, 4.69) is 11.1 Å². The number of aliphatic carboxylic acids is 1. The highest BCUT2D eigenvalue weighted by Crippen LogP contribution is 2.28. The first-order valence-electron chi connectivity index (χ1n) is 11.8. The van der Waals surface area contributed by atoms with Crippen molar-refractivity contribution in [2.24, 2.45) is 0 Å². The van der Waals surface area contributed by atoms with Crippen LogP contribution in [0, 0.1) is 18.3 Å². The number of aryl methyl sites for hydroxylation is 1. The van der Waals surface area contributed by atoms with E-state index in [0.29, 0.717) is 60.2 Å². The van der Waals surface area contributed by atoms with Crippen molar-refractivity contribution < 1.29 is 29.0 Å². The molecule has 0 unspecified atom stereocenters. The van der Waals surface area contributed by atoms with Crippen LogP contribution in [0.15, 0.2) is 30.5 Å². The van der Waals surface area contributed by atoms with Gasteiger partial charge in [-0.05, 0) is 58.2 Å². The summed E-state index contributed by atoms with van der Waals surface area (Å²) in [5.74, 6) is -0.450. The van der Waals surface area contributed by atoms with Gasteiger partial charge in [0, 0.05) is 30.3 Å². The van der Waals surface area contributed by atoms with E-state index < -0.39 is 17.7 Å². The van der Waals surface area contributed by atoms with Gasteiger partial charge in [0.1, 0.15) is 18.0 Å². The molecule has 9 heteroatoms. The van der Waals surface area contributed by atoms with Crippen molar-refractivity contribution in [2.75, 3.05) is 6.54 Å². The van der Waals surface area contributed by atoms with E-state index in [9.17, 15) is 14.4 Å². The predicted octanol–water partition coefficient (Wildman–Crippen LogP) is 5.04. The summed E-state index contributed by atoms with van der Waals surface area (Å²) in [6, 6.07) is 9.04. The molecular weight excluding hydrogens is 462 g/mol. The van der Waals surface area contributed by atoms with Crippen LogP contribution in [0.5, 0.6) is 5.75 Å². The van der Waals surface area contributed by atoms with E-state index in [0.717, 1.165) is 5.56 Å². The highest BCUT2D eigenvalue weighted by Gasteiger charge is 2.25. The van der Waals surface area contributed by atoms with Gasteiger partial charge in [-0.2, -0.15) is 5.26 Å². The molecule has 0 saturated carbocycles. The van der Waals surface area contributed by atoms with Gasteiger partial charge >= 0.3 is 12.1 Å². The Labute approximate surface area is 211 Å². The number of benzene rings is 1. The molecule has 0 aliphatic heterocycles. The number of nitrogens with zero attached hydrogens (tertiary/aromatic N) is 3. The highest BCUT2D eigenvalue weighted by atomic mass is 16.6. The quantitative estimate of drug-likeness (QED) is 0.320. The molecule has 0 aliphatic rings. The maximum absolute atomic E-state index is 13.0. The zero-order valence-corrected chi connectivity index (χ0v) is 21.2. The Bertz CT molecular complexity index is 1100. The maximum Gasteiger partial charge on any atom is 0.410 e. The number of hydrogen-bond acceptors (Lipinski definition) is 7. The van der Waals surface area contributed by atoms with Gasteiger partial charge in [-0.25, -0.2) is 4.79 Å². The number of hydrogen-bond donors (Lipinski definition) is 1. The number of nitriles is 1. The third-order valence-corrected chi connectivity index (χ3v) is 5.26. The molecule has 0 radical (unpaired) electrons. The van der Waals surface area contributed by atoms with Crippen molar-refractivity contribution >= 4 is 18.3 Å². The fraction of sp³-hybridized carbons (Fsp3) is 0.444. The topological polar surface area (TPSA) is 130 Å². The average Bonchev–Trinajstić information content (AvgIpc) is 2.81. The fourth-order valence-corrected chi connectivity index (χ4v) is 3.45. The number of carboxylic acid groups (broad SMARTS) is 1. The smallest absolute Gasteiger partial charge is 0.410 e. The molecule has 0 spiro atoms.